The first-order valence-electron chi connectivity index (χ1n) is 5.13. The first-order chi connectivity index (χ1) is 7.80. The Bertz CT molecular complexity index is 557. The molecule has 0 aliphatic rings. The molecule has 0 saturated heterocycles. The smallest absolute Gasteiger partial charge is 0.600 e. The van der Waals surface area contributed by atoms with Crippen molar-refractivity contribution in [3.8, 4) is 0 Å². The van der Waals surface area contributed by atoms with E-state index in [4.69, 9.17) is 0 Å². The quantitative estimate of drug-likeness (QED) is 0.560. The van der Waals surface area contributed by atoms with Gasteiger partial charge >= 0.3 is 5.51 Å². The molecule has 1 atom stereocenters. The van der Waals surface area contributed by atoms with Crippen LogP contribution in [0.25, 0.3) is 10.1 Å². The van der Waals surface area contributed by atoms with Gasteiger partial charge in [-0.25, -0.2) is 4.39 Å². The van der Waals surface area contributed by atoms with E-state index < -0.39 is 21.8 Å². The molecule has 0 aliphatic heterocycles. The molecule has 0 saturated carbocycles. The van der Waals surface area contributed by atoms with Gasteiger partial charge < -0.3 is 12.4 Å². The predicted molar refractivity (Wildman–Crippen MR) is 61.8 cm³/mol. The molecule has 0 amide bonds. The van der Waals surface area contributed by atoms with E-state index in [0.29, 0.717) is 10.3 Å². The van der Waals surface area contributed by atoms with Crippen molar-refractivity contribution in [2.45, 2.75) is 25.3 Å². The van der Waals surface area contributed by atoms with Crippen molar-refractivity contribution in [3.05, 3.63) is 35.0 Å². The third kappa shape index (κ3) is 2.62. The molecule has 0 fully saturated rings. The monoisotopic (exact) mass is 298 g/mol. The standard InChI is InChI=1S/C12H11F4S.ClH/c1-7(2)10-5-8-3-4-9(13)6-11(8)17(10)12(14,15)16;/h3-7H,1-2H3;1H/q+1;/p-1. The van der Waals surface area contributed by atoms with Crippen LogP contribution in [0.1, 0.15) is 24.6 Å². The highest BCUT2D eigenvalue weighted by Crippen LogP contribution is 2.52. The number of alkyl halides is 3. The van der Waals surface area contributed by atoms with Gasteiger partial charge in [0.1, 0.15) is 5.82 Å². The molecular weight excluding hydrogens is 288 g/mol. The van der Waals surface area contributed by atoms with E-state index in [2.05, 4.69) is 0 Å². The molecule has 1 aromatic carbocycles. The summed E-state index contributed by atoms with van der Waals surface area (Å²) in [5.74, 6) is -0.820. The number of fused-ring (bicyclic) bond motifs is 1. The first-order valence-corrected chi connectivity index (χ1v) is 6.35. The average Bonchev–Trinajstić information content (AvgIpc) is 2.55. The van der Waals surface area contributed by atoms with Gasteiger partial charge in [0.25, 0.3) is 0 Å². The van der Waals surface area contributed by atoms with E-state index in [1.165, 1.54) is 18.2 Å². The number of thiophene rings is 1. The fraction of sp³-hybridized carbons (Fsp3) is 0.333. The van der Waals surface area contributed by atoms with Crippen molar-refractivity contribution in [1.82, 2.24) is 0 Å². The average molecular weight is 299 g/mol. The van der Waals surface area contributed by atoms with Gasteiger partial charge in [0, 0.05) is 23.4 Å². The van der Waals surface area contributed by atoms with Crippen molar-refractivity contribution < 1.29 is 30.0 Å². The Morgan fingerprint density at radius 1 is 1.11 bits per heavy atom. The molecule has 6 heteroatoms. The number of hydrogen-bond acceptors (Lipinski definition) is 0. The van der Waals surface area contributed by atoms with Gasteiger partial charge in [-0.05, 0) is 12.1 Å². The second-order valence-corrected chi connectivity index (χ2v) is 6.12. The summed E-state index contributed by atoms with van der Waals surface area (Å²) in [6.07, 6.45) is 0. The second-order valence-electron chi connectivity index (χ2n) is 4.14. The normalized spacial score (nSPS) is 12.9. The SMILES string of the molecule is CC(C)c1cc2ccc(F)cc2[s+]1C(F)(F)F.[Cl-]. The first kappa shape index (κ1) is 15.2. The summed E-state index contributed by atoms with van der Waals surface area (Å²) in [7, 11) is -1.98. The lowest BCUT2D eigenvalue weighted by molar-refractivity contribution is -0.0868. The van der Waals surface area contributed by atoms with E-state index in [0.717, 1.165) is 6.07 Å². The van der Waals surface area contributed by atoms with Gasteiger partial charge in [0.2, 0.25) is 0 Å². The maximum Gasteiger partial charge on any atom is 0.600 e. The van der Waals surface area contributed by atoms with E-state index in [1.807, 2.05) is 0 Å². The van der Waals surface area contributed by atoms with E-state index in [9.17, 15) is 17.6 Å². The fourth-order valence-electron chi connectivity index (χ4n) is 1.80. The van der Waals surface area contributed by atoms with Gasteiger partial charge in [-0.3, -0.25) is 0 Å². The molecule has 0 bridgehead atoms. The summed E-state index contributed by atoms with van der Waals surface area (Å²) in [5, 5.41) is 0.482. The largest absolute Gasteiger partial charge is 1.00 e. The summed E-state index contributed by atoms with van der Waals surface area (Å²) >= 11 is 0. The van der Waals surface area contributed by atoms with Crippen LogP contribution in [-0.2, 0) is 5.51 Å². The maximum absolute atomic E-state index is 13.1. The zero-order valence-electron chi connectivity index (χ0n) is 9.68. The molecular formula is C12H11ClF4S. The third-order valence-electron chi connectivity index (χ3n) is 2.53. The van der Waals surface area contributed by atoms with E-state index in [1.54, 1.807) is 13.8 Å². The van der Waals surface area contributed by atoms with Crippen LogP contribution in [-0.4, -0.2) is 0 Å². The topological polar surface area (TPSA) is 0 Å². The molecule has 0 radical (unpaired) electrons. The summed E-state index contributed by atoms with van der Waals surface area (Å²) in [6.45, 7) is 3.44. The lowest BCUT2D eigenvalue weighted by atomic mass is 10.1. The number of hydrogen-bond donors (Lipinski definition) is 0. The van der Waals surface area contributed by atoms with E-state index >= 15 is 0 Å². The van der Waals surface area contributed by atoms with Crippen LogP contribution in [0, 0.1) is 5.82 Å². The lowest BCUT2D eigenvalue weighted by Crippen LogP contribution is -3.00. The summed E-state index contributed by atoms with van der Waals surface area (Å²) in [4.78, 5) is 0.332. The van der Waals surface area contributed by atoms with Crippen LogP contribution in [0.4, 0.5) is 17.6 Å². The highest BCUT2D eigenvalue weighted by atomic mass is 35.5. The van der Waals surface area contributed by atoms with Gasteiger partial charge in [0.05, 0.1) is 10.5 Å². The second kappa shape index (κ2) is 5.05. The highest BCUT2D eigenvalue weighted by molar-refractivity contribution is 7.38. The van der Waals surface area contributed by atoms with E-state index in [-0.39, 0.29) is 23.0 Å². The molecule has 2 aromatic rings. The number of rotatable bonds is 1. The highest BCUT2D eigenvalue weighted by Gasteiger charge is 2.48. The van der Waals surface area contributed by atoms with Crippen molar-refractivity contribution in [1.29, 1.82) is 0 Å². The van der Waals surface area contributed by atoms with Crippen molar-refractivity contribution in [3.63, 3.8) is 0 Å². The van der Waals surface area contributed by atoms with Crippen LogP contribution < -0.4 is 12.4 Å². The molecule has 2 rings (SSSR count). The van der Waals surface area contributed by atoms with Crippen LogP contribution >= 0.6 is 10.5 Å². The zero-order chi connectivity index (χ0) is 12.8. The molecule has 1 heterocycles. The third-order valence-corrected chi connectivity index (χ3v) is 4.85. The predicted octanol–water partition coefficient (Wildman–Crippen LogP) is 2.33. The zero-order valence-corrected chi connectivity index (χ0v) is 11.3. The minimum Gasteiger partial charge on any atom is -1.00 e. The molecule has 1 unspecified atom stereocenters. The molecule has 0 N–H and O–H groups in total. The Kier molecular flexibility index (Phi) is 4.28. The summed E-state index contributed by atoms with van der Waals surface area (Å²) in [6, 6.07) is 5.14. The molecule has 0 spiro atoms. The van der Waals surface area contributed by atoms with Crippen LogP contribution in [0.3, 0.4) is 0 Å². The molecule has 0 aliphatic carbocycles. The Morgan fingerprint density at radius 2 is 1.72 bits per heavy atom. The van der Waals surface area contributed by atoms with Crippen molar-refractivity contribution in [2.75, 3.05) is 0 Å². The lowest BCUT2D eigenvalue weighted by Gasteiger charge is -2.02. The number of halogens is 5. The Balaban J connectivity index is 0.00000162. The van der Waals surface area contributed by atoms with Gasteiger partial charge in [-0.15, -0.1) is 13.2 Å². The molecule has 0 nitrogen and oxygen atoms in total. The fourth-order valence-corrected chi connectivity index (χ4v) is 3.88. The summed E-state index contributed by atoms with van der Waals surface area (Å²) < 4.78 is 52.2. The minimum atomic E-state index is -4.34. The van der Waals surface area contributed by atoms with Gasteiger partial charge in [0.15, 0.2) is 9.58 Å². The number of benzene rings is 1. The van der Waals surface area contributed by atoms with Crippen LogP contribution in [0.15, 0.2) is 24.3 Å². The van der Waals surface area contributed by atoms with Crippen LogP contribution in [0.5, 0.6) is 0 Å². The molecule has 1 aromatic heterocycles. The molecule has 18 heavy (non-hydrogen) atoms. The van der Waals surface area contributed by atoms with Gasteiger partial charge in [-0.1, -0.05) is 13.8 Å². The maximum atomic E-state index is 13.1. The van der Waals surface area contributed by atoms with Crippen molar-refractivity contribution >= 4 is 20.6 Å². The van der Waals surface area contributed by atoms with Crippen LogP contribution in [0.2, 0.25) is 0 Å². The Labute approximate surface area is 111 Å². The summed E-state index contributed by atoms with van der Waals surface area (Å²) in [5.41, 5.74) is -4.34. The van der Waals surface area contributed by atoms with Crippen molar-refractivity contribution in [2.24, 2.45) is 0 Å². The van der Waals surface area contributed by atoms with Gasteiger partial charge in [-0.2, -0.15) is 0 Å². The minimum absolute atomic E-state index is 0. The Morgan fingerprint density at radius 3 is 2.22 bits per heavy atom. The molecule has 100 valence electrons. The Hall–Kier alpha value is -0.810.